The number of carbonyl (C=O) groups is 2. The van der Waals surface area contributed by atoms with Gasteiger partial charge in [-0.3, -0.25) is 9.78 Å². The average molecular weight is 450 g/mol. The van der Waals surface area contributed by atoms with Crippen LogP contribution in [-0.4, -0.2) is 24.3 Å². The zero-order valence-corrected chi connectivity index (χ0v) is 18.7. The third-order valence-corrected chi connectivity index (χ3v) is 5.33. The first-order valence-corrected chi connectivity index (χ1v) is 10.7. The van der Waals surface area contributed by atoms with Crippen LogP contribution in [0.3, 0.4) is 0 Å². The van der Waals surface area contributed by atoms with Crippen LogP contribution in [0, 0.1) is 0 Å². The van der Waals surface area contributed by atoms with E-state index < -0.39 is 5.97 Å². The van der Waals surface area contributed by atoms with Crippen molar-refractivity contribution in [2.24, 2.45) is 0 Å². The lowest BCUT2D eigenvalue weighted by molar-refractivity contribution is -0.134. The van der Waals surface area contributed by atoms with Gasteiger partial charge in [0.15, 0.2) is 6.29 Å². The fourth-order valence-corrected chi connectivity index (χ4v) is 3.61. The van der Waals surface area contributed by atoms with E-state index in [1.165, 1.54) is 13.2 Å². The lowest BCUT2D eigenvalue weighted by Gasteiger charge is -2.13. The second-order valence-corrected chi connectivity index (χ2v) is 7.54. The fourth-order valence-electron chi connectivity index (χ4n) is 3.61. The molecule has 0 bridgehead atoms. The zero-order valence-electron chi connectivity index (χ0n) is 18.7. The largest absolute Gasteiger partial charge is 0.489 e. The van der Waals surface area contributed by atoms with Crippen LogP contribution in [0.5, 0.6) is 5.75 Å². The highest BCUT2D eigenvalue weighted by Crippen LogP contribution is 2.32. The standard InChI is InChI=1S/C29H23NO4/c1-33-29(32)14-10-23-17-26(34-20-21-6-3-2-4-7-21)11-13-27(23)22-9-12-28(25(16-22)19-31)24-8-5-15-30-18-24/h2-19H,20H2,1H3. The molecule has 0 aliphatic heterocycles. The molecular weight excluding hydrogens is 426 g/mol. The number of nitrogens with zero attached hydrogens (tertiary/aromatic N) is 1. The summed E-state index contributed by atoms with van der Waals surface area (Å²) in [4.78, 5) is 27.8. The highest BCUT2D eigenvalue weighted by molar-refractivity contribution is 5.92. The number of aldehydes is 1. The second-order valence-electron chi connectivity index (χ2n) is 7.54. The molecule has 34 heavy (non-hydrogen) atoms. The SMILES string of the molecule is COC(=O)C=Cc1cc(OCc2ccccc2)ccc1-c1ccc(-c2cccnc2)c(C=O)c1. The predicted octanol–water partition coefficient (Wildman–Crippen LogP) is 5.99. The van der Waals surface area contributed by atoms with E-state index in [1.54, 1.807) is 18.5 Å². The molecule has 0 N–H and O–H groups in total. The summed E-state index contributed by atoms with van der Waals surface area (Å²) in [5.41, 5.74) is 5.74. The molecule has 1 aromatic heterocycles. The van der Waals surface area contributed by atoms with Crippen molar-refractivity contribution in [1.82, 2.24) is 4.98 Å². The Morgan fingerprint density at radius 1 is 0.882 bits per heavy atom. The van der Waals surface area contributed by atoms with Gasteiger partial charge in [-0.15, -0.1) is 0 Å². The Morgan fingerprint density at radius 3 is 2.41 bits per heavy atom. The van der Waals surface area contributed by atoms with Crippen molar-refractivity contribution in [2.75, 3.05) is 7.11 Å². The van der Waals surface area contributed by atoms with Gasteiger partial charge in [0.05, 0.1) is 7.11 Å². The molecule has 4 aromatic rings. The summed E-state index contributed by atoms with van der Waals surface area (Å²) in [7, 11) is 1.33. The normalized spacial score (nSPS) is 10.7. The molecular formula is C29H23NO4. The number of aromatic nitrogens is 1. The van der Waals surface area contributed by atoms with Crippen LogP contribution >= 0.6 is 0 Å². The number of carbonyl (C=O) groups excluding carboxylic acids is 2. The topological polar surface area (TPSA) is 65.5 Å². The Kier molecular flexibility index (Phi) is 7.25. The molecule has 0 saturated heterocycles. The number of pyridine rings is 1. The Morgan fingerprint density at radius 2 is 1.68 bits per heavy atom. The maximum absolute atomic E-state index is 11.9. The molecule has 0 amide bonds. The molecule has 0 saturated carbocycles. The smallest absolute Gasteiger partial charge is 0.330 e. The molecule has 0 fully saturated rings. The van der Waals surface area contributed by atoms with Crippen molar-refractivity contribution < 1.29 is 19.1 Å². The van der Waals surface area contributed by atoms with Crippen LogP contribution in [-0.2, 0) is 16.1 Å². The minimum absolute atomic E-state index is 0.426. The highest BCUT2D eigenvalue weighted by Gasteiger charge is 2.11. The van der Waals surface area contributed by atoms with Gasteiger partial charge in [0.1, 0.15) is 12.4 Å². The van der Waals surface area contributed by atoms with E-state index in [-0.39, 0.29) is 0 Å². The van der Waals surface area contributed by atoms with Crippen molar-refractivity contribution >= 4 is 18.3 Å². The molecule has 0 atom stereocenters. The van der Waals surface area contributed by atoms with E-state index >= 15 is 0 Å². The molecule has 168 valence electrons. The number of methoxy groups -OCH3 is 1. The maximum Gasteiger partial charge on any atom is 0.330 e. The number of hydrogen-bond acceptors (Lipinski definition) is 5. The molecule has 0 unspecified atom stereocenters. The van der Waals surface area contributed by atoms with Crippen LogP contribution in [0.1, 0.15) is 21.5 Å². The monoisotopic (exact) mass is 449 g/mol. The average Bonchev–Trinajstić information content (AvgIpc) is 2.91. The van der Waals surface area contributed by atoms with Crippen LogP contribution in [0.25, 0.3) is 28.3 Å². The molecule has 5 heteroatoms. The van der Waals surface area contributed by atoms with E-state index in [4.69, 9.17) is 9.47 Å². The summed E-state index contributed by atoms with van der Waals surface area (Å²) in [6, 6.07) is 25.0. The summed E-state index contributed by atoms with van der Waals surface area (Å²) in [6.45, 7) is 0.426. The van der Waals surface area contributed by atoms with Crippen LogP contribution in [0.2, 0.25) is 0 Å². The molecule has 5 nitrogen and oxygen atoms in total. The van der Waals surface area contributed by atoms with E-state index in [0.717, 1.165) is 39.7 Å². The first-order chi connectivity index (χ1) is 16.7. The first-order valence-electron chi connectivity index (χ1n) is 10.7. The number of rotatable bonds is 8. The van der Waals surface area contributed by atoms with Crippen molar-refractivity contribution in [3.05, 3.63) is 114 Å². The van der Waals surface area contributed by atoms with Crippen molar-refractivity contribution in [2.45, 2.75) is 6.61 Å². The quantitative estimate of drug-likeness (QED) is 0.188. The first kappa shape index (κ1) is 22.7. The van der Waals surface area contributed by atoms with E-state index in [1.807, 2.05) is 78.9 Å². The van der Waals surface area contributed by atoms with Gasteiger partial charge < -0.3 is 9.47 Å². The van der Waals surface area contributed by atoms with E-state index in [9.17, 15) is 9.59 Å². The van der Waals surface area contributed by atoms with Crippen molar-refractivity contribution in [3.8, 4) is 28.0 Å². The molecule has 0 aliphatic rings. The lowest BCUT2D eigenvalue weighted by atomic mass is 9.93. The Bertz CT molecular complexity index is 1310. The fraction of sp³-hybridized carbons (Fsp3) is 0.0690. The number of hydrogen-bond donors (Lipinski definition) is 0. The number of ether oxygens (including phenoxy) is 2. The van der Waals surface area contributed by atoms with Crippen molar-refractivity contribution in [3.63, 3.8) is 0 Å². The lowest BCUT2D eigenvalue weighted by Crippen LogP contribution is -1.97. The van der Waals surface area contributed by atoms with Crippen LogP contribution < -0.4 is 4.74 Å². The van der Waals surface area contributed by atoms with Gasteiger partial charge >= 0.3 is 5.97 Å². The summed E-state index contributed by atoms with van der Waals surface area (Å²) in [5, 5.41) is 0. The number of benzene rings is 3. The van der Waals surface area contributed by atoms with Gasteiger partial charge in [-0.2, -0.15) is 0 Å². The van der Waals surface area contributed by atoms with Gasteiger partial charge in [-0.25, -0.2) is 4.79 Å². The molecule has 0 radical (unpaired) electrons. The minimum atomic E-state index is -0.456. The maximum atomic E-state index is 11.9. The van der Waals surface area contributed by atoms with Gasteiger partial charge in [0.25, 0.3) is 0 Å². The van der Waals surface area contributed by atoms with Crippen LogP contribution in [0.4, 0.5) is 0 Å². The van der Waals surface area contributed by atoms with Gasteiger partial charge in [-0.05, 0) is 58.2 Å². The second kappa shape index (κ2) is 10.9. The minimum Gasteiger partial charge on any atom is -0.489 e. The number of esters is 1. The Hall–Kier alpha value is -4.51. The van der Waals surface area contributed by atoms with Gasteiger partial charge in [0.2, 0.25) is 0 Å². The van der Waals surface area contributed by atoms with Gasteiger partial charge in [0, 0.05) is 29.6 Å². The summed E-state index contributed by atoms with van der Waals surface area (Å²) < 4.78 is 10.7. The summed E-state index contributed by atoms with van der Waals surface area (Å²) in [6.07, 6.45) is 7.31. The molecule has 0 spiro atoms. The molecule has 1 heterocycles. The van der Waals surface area contributed by atoms with E-state index in [0.29, 0.717) is 17.9 Å². The summed E-state index contributed by atoms with van der Waals surface area (Å²) >= 11 is 0. The Balaban J connectivity index is 1.70. The zero-order chi connectivity index (χ0) is 23.8. The van der Waals surface area contributed by atoms with Gasteiger partial charge in [-0.1, -0.05) is 54.6 Å². The predicted molar refractivity (Wildman–Crippen MR) is 132 cm³/mol. The molecule has 4 rings (SSSR count). The van der Waals surface area contributed by atoms with Crippen molar-refractivity contribution in [1.29, 1.82) is 0 Å². The van der Waals surface area contributed by atoms with E-state index in [2.05, 4.69) is 4.98 Å². The highest BCUT2D eigenvalue weighted by atomic mass is 16.5. The van der Waals surface area contributed by atoms with Crippen LogP contribution in [0.15, 0.2) is 97.3 Å². The molecule has 0 aliphatic carbocycles. The summed E-state index contributed by atoms with van der Waals surface area (Å²) in [5.74, 6) is 0.210. The Labute approximate surface area is 198 Å². The third-order valence-electron chi connectivity index (χ3n) is 5.33. The molecule has 3 aromatic carbocycles. The third kappa shape index (κ3) is 5.45.